The van der Waals surface area contributed by atoms with E-state index in [9.17, 15) is 0 Å². The van der Waals surface area contributed by atoms with Gasteiger partial charge in [0.25, 0.3) is 0 Å². The zero-order valence-corrected chi connectivity index (χ0v) is 12.3. The lowest BCUT2D eigenvalue weighted by atomic mass is 10.1. The first-order chi connectivity index (χ1) is 10.2. The number of benzene rings is 2. The summed E-state index contributed by atoms with van der Waals surface area (Å²) < 4.78 is 5.73. The Morgan fingerprint density at radius 2 is 1.29 bits per heavy atom. The minimum Gasteiger partial charge on any atom is -0.457 e. The van der Waals surface area contributed by atoms with Gasteiger partial charge < -0.3 is 4.74 Å². The Balaban J connectivity index is 1.88. The van der Waals surface area contributed by atoms with Gasteiger partial charge >= 0.3 is 0 Å². The number of hydrogen-bond donors (Lipinski definition) is 0. The van der Waals surface area contributed by atoms with E-state index >= 15 is 0 Å². The molecule has 0 amide bonds. The predicted molar refractivity (Wildman–Crippen MR) is 84.0 cm³/mol. The summed E-state index contributed by atoms with van der Waals surface area (Å²) in [4.78, 5) is 7.89. The standard InChI is InChI=1S/C16H10Cl2N2O/c17-15-14(16(18)20-10-19-15)11-6-8-13(9-7-11)21-12-4-2-1-3-5-12/h1-10H. The molecule has 0 saturated carbocycles. The van der Waals surface area contributed by atoms with Crippen molar-refractivity contribution in [3.63, 3.8) is 0 Å². The number of ether oxygens (including phenoxy) is 1. The number of para-hydroxylation sites is 1. The van der Waals surface area contributed by atoms with Gasteiger partial charge in [0, 0.05) is 0 Å². The molecule has 21 heavy (non-hydrogen) atoms. The maximum Gasteiger partial charge on any atom is 0.141 e. The highest BCUT2D eigenvalue weighted by atomic mass is 35.5. The maximum atomic E-state index is 6.07. The minimum atomic E-state index is 0.326. The van der Waals surface area contributed by atoms with Crippen molar-refractivity contribution in [3.05, 3.63) is 71.2 Å². The van der Waals surface area contributed by atoms with Gasteiger partial charge in [-0.2, -0.15) is 0 Å². The zero-order chi connectivity index (χ0) is 14.7. The van der Waals surface area contributed by atoms with Crippen molar-refractivity contribution in [2.24, 2.45) is 0 Å². The van der Waals surface area contributed by atoms with Crippen LogP contribution < -0.4 is 4.74 Å². The Morgan fingerprint density at radius 3 is 1.90 bits per heavy atom. The van der Waals surface area contributed by atoms with Crippen LogP contribution in [-0.4, -0.2) is 9.97 Å². The highest BCUT2D eigenvalue weighted by Crippen LogP contribution is 2.33. The molecule has 5 heteroatoms. The molecule has 104 valence electrons. The molecule has 0 radical (unpaired) electrons. The van der Waals surface area contributed by atoms with Crippen LogP contribution in [-0.2, 0) is 0 Å². The van der Waals surface area contributed by atoms with E-state index in [2.05, 4.69) is 9.97 Å². The third-order valence-electron chi connectivity index (χ3n) is 2.88. The highest BCUT2D eigenvalue weighted by molar-refractivity contribution is 6.37. The average molecular weight is 317 g/mol. The van der Waals surface area contributed by atoms with Gasteiger partial charge in [0.15, 0.2) is 0 Å². The lowest BCUT2D eigenvalue weighted by Crippen LogP contribution is -1.89. The van der Waals surface area contributed by atoms with E-state index in [0.717, 1.165) is 17.1 Å². The topological polar surface area (TPSA) is 35.0 Å². The SMILES string of the molecule is Clc1ncnc(Cl)c1-c1ccc(Oc2ccccc2)cc1. The van der Waals surface area contributed by atoms with E-state index in [1.807, 2.05) is 54.6 Å². The predicted octanol–water partition coefficient (Wildman–Crippen LogP) is 5.24. The molecule has 0 bridgehead atoms. The zero-order valence-electron chi connectivity index (χ0n) is 10.8. The Labute approximate surface area is 132 Å². The van der Waals surface area contributed by atoms with Crippen LogP contribution >= 0.6 is 23.2 Å². The van der Waals surface area contributed by atoms with Gasteiger partial charge in [-0.25, -0.2) is 9.97 Å². The molecule has 3 rings (SSSR count). The molecule has 0 N–H and O–H groups in total. The lowest BCUT2D eigenvalue weighted by Gasteiger charge is -2.08. The quantitative estimate of drug-likeness (QED) is 0.619. The summed E-state index contributed by atoms with van der Waals surface area (Å²) in [6.45, 7) is 0. The molecule has 0 fully saturated rings. The molecule has 0 atom stereocenters. The number of aromatic nitrogens is 2. The van der Waals surface area contributed by atoms with Gasteiger partial charge in [-0.05, 0) is 29.8 Å². The van der Waals surface area contributed by atoms with E-state index in [-0.39, 0.29) is 0 Å². The fraction of sp³-hybridized carbons (Fsp3) is 0. The van der Waals surface area contributed by atoms with Crippen molar-refractivity contribution in [3.8, 4) is 22.6 Å². The molecule has 3 nitrogen and oxygen atoms in total. The van der Waals surface area contributed by atoms with Crippen molar-refractivity contribution < 1.29 is 4.74 Å². The van der Waals surface area contributed by atoms with Gasteiger partial charge in [0.05, 0.1) is 5.56 Å². The largest absolute Gasteiger partial charge is 0.457 e. The lowest BCUT2D eigenvalue weighted by molar-refractivity contribution is 0.483. The minimum absolute atomic E-state index is 0.326. The van der Waals surface area contributed by atoms with Crippen LogP contribution in [0.25, 0.3) is 11.1 Å². The summed E-state index contributed by atoms with van der Waals surface area (Å²) in [5.41, 5.74) is 1.46. The van der Waals surface area contributed by atoms with Crippen LogP contribution in [0.1, 0.15) is 0 Å². The van der Waals surface area contributed by atoms with Crippen LogP contribution in [0.5, 0.6) is 11.5 Å². The summed E-state index contributed by atoms with van der Waals surface area (Å²) in [5, 5.41) is 0.651. The van der Waals surface area contributed by atoms with Crippen molar-refractivity contribution >= 4 is 23.2 Å². The molecule has 0 spiro atoms. The number of nitrogens with zero attached hydrogens (tertiary/aromatic N) is 2. The monoisotopic (exact) mass is 316 g/mol. The molecular formula is C16H10Cl2N2O. The Kier molecular flexibility index (Phi) is 4.04. The molecule has 0 unspecified atom stereocenters. The van der Waals surface area contributed by atoms with Crippen molar-refractivity contribution in [1.29, 1.82) is 0 Å². The molecule has 1 heterocycles. The van der Waals surface area contributed by atoms with Gasteiger partial charge in [0.1, 0.15) is 28.1 Å². The number of rotatable bonds is 3. The molecular weight excluding hydrogens is 307 g/mol. The van der Waals surface area contributed by atoms with Crippen LogP contribution in [0.3, 0.4) is 0 Å². The summed E-state index contributed by atoms with van der Waals surface area (Å²) in [6.07, 6.45) is 1.33. The summed E-state index contributed by atoms with van der Waals surface area (Å²) in [5.74, 6) is 1.51. The van der Waals surface area contributed by atoms with E-state index in [4.69, 9.17) is 27.9 Å². The maximum absolute atomic E-state index is 6.07. The number of hydrogen-bond acceptors (Lipinski definition) is 3. The van der Waals surface area contributed by atoms with Gasteiger partial charge in [-0.15, -0.1) is 0 Å². The molecule has 2 aromatic carbocycles. The van der Waals surface area contributed by atoms with Gasteiger partial charge in [0.2, 0.25) is 0 Å². The van der Waals surface area contributed by atoms with Crippen LogP contribution in [0.4, 0.5) is 0 Å². The third kappa shape index (κ3) is 3.15. The second-order valence-electron chi connectivity index (χ2n) is 4.27. The Hall–Kier alpha value is -2.10. The van der Waals surface area contributed by atoms with Gasteiger partial charge in [-0.3, -0.25) is 0 Å². The van der Waals surface area contributed by atoms with Crippen LogP contribution in [0.2, 0.25) is 10.3 Å². The third-order valence-corrected chi connectivity index (χ3v) is 3.45. The molecule has 3 aromatic rings. The highest BCUT2D eigenvalue weighted by Gasteiger charge is 2.10. The first kappa shape index (κ1) is 13.9. The van der Waals surface area contributed by atoms with Crippen molar-refractivity contribution in [1.82, 2.24) is 9.97 Å². The van der Waals surface area contributed by atoms with Crippen LogP contribution in [0.15, 0.2) is 60.9 Å². The van der Waals surface area contributed by atoms with Crippen LogP contribution in [0, 0.1) is 0 Å². The molecule has 0 aliphatic carbocycles. The average Bonchev–Trinajstić information content (AvgIpc) is 2.50. The van der Waals surface area contributed by atoms with Crippen molar-refractivity contribution in [2.45, 2.75) is 0 Å². The normalized spacial score (nSPS) is 10.4. The summed E-state index contributed by atoms with van der Waals surface area (Å²) in [7, 11) is 0. The fourth-order valence-electron chi connectivity index (χ4n) is 1.90. The summed E-state index contributed by atoms with van der Waals surface area (Å²) >= 11 is 12.1. The Bertz CT molecular complexity index is 726. The molecule has 0 aliphatic rings. The van der Waals surface area contributed by atoms with Crippen molar-refractivity contribution in [2.75, 3.05) is 0 Å². The smallest absolute Gasteiger partial charge is 0.141 e. The van der Waals surface area contributed by atoms with E-state index in [0.29, 0.717) is 15.9 Å². The fourth-order valence-corrected chi connectivity index (χ4v) is 2.43. The van der Waals surface area contributed by atoms with E-state index in [1.165, 1.54) is 6.33 Å². The van der Waals surface area contributed by atoms with E-state index < -0.39 is 0 Å². The Morgan fingerprint density at radius 1 is 0.714 bits per heavy atom. The molecule has 1 aromatic heterocycles. The summed E-state index contributed by atoms with van der Waals surface area (Å²) in [6, 6.07) is 17.0. The second-order valence-corrected chi connectivity index (χ2v) is 4.99. The first-order valence-corrected chi connectivity index (χ1v) is 6.99. The second kappa shape index (κ2) is 6.12. The first-order valence-electron chi connectivity index (χ1n) is 6.23. The van der Waals surface area contributed by atoms with Gasteiger partial charge in [-0.1, -0.05) is 53.5 Å². The number of halogens is 2. The molecule has 0 saturated heterocycles. The molecule has 0 aliphatic heterocycles. The van der Waals surface area contributed by atoms with E-state index in [1.54, 1.807) is 0 Å².